The van der Waals surface area contributed by atoms with Crippen molar-refractivity contribution in [3.63, 3.8) is 0 Å². The van der Waals surface area contributed by atoms with Crippen LogP contribution in [0.3, 0.4) is 0 Å². The number of nitrogens with one attached hydrogen (secondary N) is 1. The van der Waals surface area contributed by atoms with Gasteiger partial charge < -0.3 is 10.1 Å². The van der Waals surface area contributed by atoms with E-state index in [0.717, 1.165) is 36.7 Å². The third-order valence-corrected chi connectivity index (χ3v) is 3.23. The molecular formula is C13H18BrNO. The van der Waals surface area contributed by atoms with Crippen molar-refractivity contribution in [2.75, 3.05) is 19.8 Å². The fraction of sp³-hybridized carbons (Fsp3) is 0.538. The molecule has 88 valence electrons. The summed E-state index contributed by atoms with van der Waals surface area (Å²) >= 11 is 3.43. The van der Waals surface area contributed by atoms with Gasteiger partial charge in [0.25, 0.3) is 0 Å². The number of ether oxygens (including phenoxy) is 1. The van der Waals surface area contributed by atoms with Gasteiger partial charge in [-0.3, -0.25) is 0 Å². The molecule has 1 saturated carbocycles. The Balaban J connectivity index is 1.51. The second-order valence-corrected chi connectivity index (χ2v) is 5.13. The molecule has 2 nitrogen and oxygen atoms in total. The average Bonchev–Trinajstić information content (AvgIpc) is 3.10. The molecule has 0 bridgehead atoms. The van der Waals surface area contributed by atoms with Crippen LogP contribution in [0.25, 0.3) is 0 Å². The zero-order valence-electron chi connectivity index (χ0n) is 9.42. The summed E-state index contributed by atoms with van der Waals surface area (Å²) in [6.45, 7) is 2.63. The molecule has 0 aliphatic heterocycles. The molecule has 1 aromatic carbocycles. The highest BCUT2D eigenvalue weighted by molar-refractivity contribution is 9.10. The summed E-state index contributed by atoms with van der Waals surface area (Å²) in [6.07, 6.45) is 3.69. The van der Waals surface area contributed by atoms with Gasteiger partial charge in [0.05, 0.1) is 13.2 Å². The lowest BCUT2D eigenvalue weighted by Crippen LogP contribution is -2.22. The first kappa shape index (κ1) is 12.1. The van der Waals surface area contributed by atoms with Gasteiger partial charge in [0.2, 0.25) is 0 Å². The Kier molecular flexibility index (Phi) is 4.82. The zero-order valence-corrected chi connectivity index (χ0v) is 11.0. The van der Waals surface area contributed by atoms with Gasteiger partial charge in [-0.15, -0.1) is 0 Å². The number of hydrogen-bond donors (Lipinski definition) is 1. The molecule has 1 aliphatic carbocycles. The van der Waals surface area contributed by atoms with E-state index in [-0.39, 0.29) is 0 Å². The molecule has 0 heterocycles. The fourth-order valence-electron chi connectivity index (χ4n) is 1.57. The number of benzene rings is 1. The summed E-state index contributed by atoms with van der Waals surface area (Å²) in [6, 6.07) is 9.20. The third kappa shape index (κ3) is 4.64. The lowest BCUT2D eigenvalue weighted by molar-refractivity contribution is 0.138. The summed E-state index contributed by atoms with van der Waals surface area (Å²) in [4.78, 5) is 0. The van der Waals surface area contributed by atoms with Gasteiger partial charge in [-0.2, -0.15) is 0 Å². The van der Waals surface area contributed by atoms with E-state index in [9.17, 15) is 0 Å². The van der Waals surface area contributed by atoms with E-state index < -0.39 is 0 Å². The van der Waals surface area contributed by atoms with Crippen molar-refractivity contribution in [3.05, 3.63) is 34.3 Å². The quantitative estimate of drug-likeness (QED) is 0.777. The Hall–Kier alpha value is -0.380. The minimum Gasteiger partial charge on any atom is -0.380 e. The van der Waals surface area contributed by atoms with Crippen LogP contribution in [0.2, 0.25) is 0 Å². The highest BCUT2D eigenvalue weighted by Gasteiger charge is 2.19. The Morgan fingerprint density at radius 1 is 1.19 bits per heavy atom. The van der Waals surface area contributed by atoms with Gasteiger partial charge in [-0.25, -0.2) is 0 Å². The van der Waals surface area contributed by atoms with Crippen LogP contribution in [0.4, 0.5) is 0 Å². The van der Waals surface area contributed by atoms with Crippen LogP contribution in [0.1, 0.15) is 18.4 Å². The molecule has 2 rings (SSSR count). The molecule has 0 aromatic heterocycles. The molecule has 1 aromatic rings. The maximum Gasteiger partial charge on any atom is 0.0591 e. The van der Waals surface area contributed by atoms with Crippen LogP contribution < -0.4 is 5.32 Å². The monoisotopic (exact) mass is 283 g/mol. The number of hydrogen-bond acceptors (Lipinski definition) is 2. The van der Waals surface area contributed by atoms with Crippen LogP contribution in [0.5, 0.6) is 0 Å². The number of rotatable bonds is 7. The molecule has 0 radical (unpaired) electrons. The standard InChI is InChI=1S/C13H18BrNO/c14-12-3-1-11(2-4-12)7-9-16-10-8-15-13-5-6-13/h1-4,13,15H,5-10H2. The van der Waals surface area contributed by atoms with E-state index in [0.29, 0.717) is 0 Å². The summed E-state index contributed by atoms with van der Waals surface area (Å²) in [5.41, 5.74) is 1.33. The van der Waals surface area contributed by atoms with Crippen LogP contribution in [-0.4, -0.2) is 25.8 Å². The highest BCUT2D eigenvalue weighted by Crippen LogP contribution is 2.17. The van der Waals surface area contributed by atoms with Gasteiger partial charge in [-0.05, 0) is 37.0 Å². The lowest BCUT2D eigenvalue weighted by atomic mass is 10.2. The predicted octanol–water partition coefficient (Wildman–Crippen LogP) is 2.76. The molecule has 0 atom stereocenters. The molecular weight excluding hydrogens is 266 g/mol. The second kappa shape index (κ2) is 6.38. The van der Waals surface area contributed by atoms with E-state index >= 15 is 0 Å². The first-order valence-corrected chi connectivity index (χ1v) is 6.69. The first-order chi connectivity index (χ1) is 7.84. The van der Waals surface area contributed by atoms with E-state index in [1.807, 2.05) is 0 Å². The summed E-state index contributed by atoms with van der Waals surface area (Å²) < 4.78 is 6.70. The molecule has 1 aliphatic rings. The minimum atomic E-state index is 0.787. The van der Waals surface area contributed by atoms with E-state index in [4.69, 9.17) is 4.74 Å². The molecule has 0 amide bonds. The third-order valence-electron chi connectivity index (χ3n) is 2.71. The predicted molar refractivity (Wildman–Crippen MR) is 69.7 cm³/mol. The van der Waals surface area contributed by atoms with E-state index in [2.05, 4.69) is 45.5 Å². The molecule has 0 saturated heterocycles. The molecule has 0 unspecified atom stereocenters. The Bertz CT molecular complexity index is 308. The SMILES string of the molecule is Brc1ccc(CCOCCNC2CC2)cc1. The van der Waals surface area contributed by atoms with Gasteiger partial charge in [0.15, 0.2) is 0 Å². The van der Waals surface area contributed by atoms with Crippen LogP contribution >= 0.6 is 15.9 Å². The maximum absolute atomic E-state index is 5.57. The van der Waals surface area contributed by atoms with E-state index in [1.165, 1.54) is 18.4 Å². The van der Waals surface area contributed by atoms with Crippen molar-refractivity contribution in [1.82, 2.24) is 5.32 Å². The number of halogens is 1. The molecule has 1 N–H and O–H groups in total. The minimum absolute atomic E-state index is 0.787. The Morgan fingerprint density at radius 3 is 2.62 bits per heavy atom. The van der Waals surface area contributed by atoms with Crippen molar-refractivity contribution >= 4 is 15.9 Å². The topological polar surface area (TPSA) is 21.3 Å². The van der Waals surface area contributed by atoms with Gasteiger partial charge in [0, 0.05) is 17.1 Å². The summed E-state index contributed by atoms with van der Waals surface area (Å²) in [5.74, 6) is 0. The van der Waals surface area contributed by atoms with Gasteiger partial charge in [-0.1, -0.05) is 28.1 Å². The average molecular weight is 284 g/mol. The van der Waals surface area contributed by atoms with E-state index in [1.54, 1.807) is 0 Å². The highest BCUT2D eigenvalue weighted by atomic mass is 79.9. The Morgan fingerprint density at radius 2 is 1.94 bits per heavy atom. The maximum atomic E-state index is 5.57. The van der Waals surface area contributed by atoms with Gasteiger partial charge >= 0.3 is 0 Å². The Labute approximate surface area is 106 Å². The summed E-state index contributed by atoms with van der Waals surface area (Å²) in [7, 11) is 0. The van der Waals surface area contributed by atoms with Crippen molar-refractivity contribution in [1.29, 1.82) is 0 Å². The molecule has 16 heavy (non-hydrogen) atoms. The smallest absolute Gasteiger partial charge is 0.0591 e. The second-order valence-electron chi connectivity index (χ2n) is 4.22. The largest absolute Gasteiger partial charge is 0.380 e. The normalized spacial score (nSPS) is 15.3. The van der Waals surface area contributed by atoms with Crippen molar-refractivity contribution < 1.29 is 4.74 Å². The van der Waals surface area contributed by atoms with Crippen molar-refractivity contribution in [3.8, 4) is 0 Å². The molecule has 3 heteroatoms. The van der Waals surface area contributed by atoms with Crippen molar-refractivity contribution in [2.24, 2.45) is 0 Å². The van der Waals surface area contributed by atoms with Gasteiger partial charge in [0.1, 0.15) is 0 Å². The summed E-state index contributed by atoms with van der Waals surface area (Å²) in [5, 5.41) is 3.43. The lowest BCUT2D eigenvalue weighted by Gasteiger charge is -2.05. The van der Waals surface area contributed by atoms with Crippen LogP contribution in [0.15, 0.2) is 28.7 Å². The molecule has 1 fully saturated rings. The first-order valence-electron chi connectivity index (χ1n) is 5.90. The fourth-order valence-corrected chi connectivity index (χ4v) is 1.83. The zero-order chi connectivity index (χ0) is 11.2. The molecule has 0 spiro atoms. The van der Waals surface area contributed by atoms with Crippen LogP contribution in [0, 0.1) is 0 Å². The van der Waals surface area contributed by atoms with Crippen LogP contribution in [-0.2, 0) is 11.2 Å². The van der Waals surface area contributed by atoms with Crippen molar-refractivity contribution in [2.45, 2.75) is 25.3 Å².